The van der Waals surface area contributed by atoms with Gasteiger partial charge in [0.15, 0.2) is 4.47 Å². The second-order valence-corrected chi connectivity index (χ2v) is 4.25. The van der Waals surface area contributed by atoms with Gasteiger partial charge in [-0.05, 0) is 17.7 Å². The van der Waals surface area contributed by atoms with Crippen molar-refractivity contribution in [2.24, 2.45) is 0 Å². The van der Waals surface area contributed by atoms with E-state index in [2.05, 4.69) is 4.98 Å². The SMILES string of the molecule is Fc1cc(F)cc(-c2cnc(Cl)s2)c1. The first-order chi connectivity index (χ1) is 6.65. The molecule has 0 aliphatic carbocycles. The van der Waals surface area contributed by atoms with Gasteiger partial charge in [-0.15, -0.1) is 11.3 Å². The molecule has 0 fully saturated rings. The van der Waals surface area contributed by atoms with E-state index >= 15 is 0 Å². The molecule has 0 N–H and O–H groups in total. The Kier molecular flexibility index (Phi) is 2.48. The van der Waals surface area contributed by atoms with Crippen LogP contribution in [0, 0.1) is 11.6 Å². The fourth-order valence-corrected chi connectivity index (χ4v) is 2.01. The molecule has 0 bridgehead atoms. The van der Waals surface area contributed by atoms with Crippen LogP contribution in [-0.4, -0.2) is 4.98 Å². The van der Waals surface area contributed by atoms with Gasteiger partial charge in [-0.2, -0.15) is 0 Å². The molecule has 0 radical (unpaired) electrons. The van der Waals surface area contributed by atoms with E-state index in [-0.39, 0.29) is 0 Å². The average molecular weight is 232 g/mol. The third-order valence-corrected chi connectivity index (χ3v) is 2.79. The van der Waals surface area contributed by atoms with Gasteiger partial charge in [0, 0.05) is 12.3 Å². The van der Waals surface area contributed by atoms with Crippen molar-refractivity contribution < 1.29 is 8.78 Å². The van der Waals surface area contributed by atoms with E-state index in [1.54, 1.807) is 0 Å². The summed E-state index contributed by atoms with van der Waals surface area (Å²) in [7, 11) is 0. The summed E-state index contributed by atoms with van der Waals surface area (Å²) in [6.07, 6.45) is 1.49. The summed E-state index contributed by atoms with van der Waals surface area (Å²) >= 11 is 6.79. The predicted molar refractivity (Wildman–Crippen MR) is 52.5 cm³/mol. The van der Waals surface area contributed by atoms with Crippen molar-refractivity contribution in [3.8, 4) is 10.4 Å². The molecule has 0 aliphatic heterocycles. The van der Waals surface area contributed by atoms with Crippen LogP contribution in [0.3, 0.4) is 0 Å². The van der Waals surface area contributed by atoms with Gasteiger partial charge in [-0.25, -0.2) is 13.8 Å². The Hall–Kier alpha value is -1.000. The quantitative estimate of drug-likeness (QED) is 0.729. The number of halogens is 3. The minimum atomic E-state index is -0.607. The number of hydrogen-bond donors (Lipinski definition) is 0. The first-order valence-electron chi connectivity index (χ1n) is 3.73. The summed E-state index contributed by atoms with van der Waals surface area (Å²) < 4.78 is 26.0. The fourth-order valence-electron chi connectivity index (χ4n) is 1.08. The van der Waals surface area contributed by atoms with Gasteiger partial charge in [0.25, 0.3) is 0 Å². The third-order valence-electron chi connectivity index (χ3n) is 1.62. The molecular formula is C9H4ClF2NS. The maximum Gasteiger partial charge on any atom is 0.184 e. The molecule has 0 saturated heterocycles. The lowest BCUT2D eigenvalue weighted by Crippen LogP contribution is -1.81. The number of hydrogen-bond acceptors (Lipinski definition) is 2. The molecule has 1 nitrogen and oxygen atoms in total. The zero-order chi connectivity index (χ0) is 10.1. The van der Waals surface area contributed by atoms with Crippen LogP contribution in [0.25, 0.3) is 10.4 Å². The molecule has 0 aliphatic rings. The highest BCUT2D eigenvalue weighted by molar-refractivity contribution is 7.18. The molecule has 5 heteroatoms. The standard InChI is InChI=1S/C9H4ClF2NS/c10-9-13-4-8(14-9)5-1-6(11)3-7(12)2-5/h1-4H. The van der Waals surface area contributed by atoms with E-state index in [1.807, 2.05) is 0 Å². The monoisotopic (exact) mass is 231 g/mol. The molecule has 14 heavy (non-hydrogen) atoms. The van der Waals surface area contributed by atoms with Crippen LogP contribution in [0.2, 0.25) is 4.47 Å². The third kappa shape index (κ3) is 1.91. The van der Waals surface area contributed by atoms with Crippen LogP contribution < -0.4 is 0 Å². The second kappa shape index (κ2) is 3.63. The highest BCUT2D eigenvalue weighted by atomic mass is 35.5. The highest BCUT2D eigenvalue weighted by Crippen LogP contribution is 2.29. The van der Waals surface area contributed by atoms with Gasteiger partial charge < -0.3 is 0 Å². The summed E-state index contributed by atoms with van der Waals surface area (Å²) in [4.78, 5) is 4.44. The maximum atomic E-state index is 12.8. The number of aromatic nitrogens is 1. The summed E-state index contributed by atoms with van der Waals surface area (Å²) in [5.74, 6) is -1.21. The molecule has 0 saturated carbocycles. The molecule has 1 heterocycles. The zero-order valence-corrected chi connectivity index (χ0v) is 8.37. The van der Waals surface area contributed by atoms with Crippen molar-refractivity contribution in [2.75, 3.05) is 0 Å². The van der Waals surface area contributed by atoms with Crippen LogP contribution in [0.5, 0.6) is 0 Å². The van der Waals surface area contributed by atoms with E-state index in [0.29, 0.717) is 14.9 Å². The van der Waals surface area contributed by atoms with Crippen molar-refractivity contribution in [3.05, 3.63) is 40.5 Å². The largest absolute Gasteiger partial charge is 0.233 e. The summed E-state index contributed by atoms with van der Waals surface area (Å²) in [6.45, 7) is 0. The maximum absolute atomic E-state index is 12.8. The number of nitrogens with zero attached hydrogens (tertiary/aromatic N) is 1. The van der Waals surface area contributed by atoms with Gasteiger partial charge in [0.2, 0.25) is 0 Å². The lowest BCUT2D eigenvalue weighted by molar-refractivity contribution is 0.584. The number of thiazole rings is 1. The van der Waals surface area contributed by atoms with E-state index in [9.17, 15) is 8.78 Å². The van der Waals surface area contributed by atoms with Crippen LogP contribution >= 0.6 is 22.9 Å². The Morgan fingerprint density at radius 1 is 1.14 bits per heavy atom. The summed E-state index contributed by atoms with van der Waals surface area (Å²) in [5.41, 5.74) is 0.451. The molecule has 72 valence electrons. The Bertz CT molecular complexity index is 449. The molecule has 2 rings (SSSR count). The van der Waals surface area contributed by atoms with Crippen molar-refractivity contribution >= 4 is 22.9 Å². The highest BCUT2D eigenvalue weighted by Gasteiger charge is 2.06. The molecule has 1 aromatic carbocycles. The first-order valence-corrected chi connectivity index (χ1v) is 4.92. The van der Waals surface area contributed by atoms with Crippen LogP contribution in [0.15, 0.2) is 24.4 Å². The lowest BCUT2D eigenvalue weighted by atomic mass is 10.2. The smallest absolute Gasteiger partial charge is 0.184 e. The van der Waals surface area contributed by atoms with Gasteiger partial charge in [-0.1, -0.05) is 11.6 Å². The number of benzene rings is 1. The lowest BCUT2D eigenvalue weighted by Gasteiger charge is -1.96. The fraction of sp³-hybridized carbons (Fsp3) is 0. The Labute approximate surface area is 88.0 Å². The normalized spacial score (nSPS) is 10.5. The van der Waals surface area contributed by atoms with Gasteiger partial charge >= 0.3 is 0 Å². The minimum Gasteiger partial charge on any atom is -0.233 e. The van der Waals surface area contributed by atoms with E-state index < -0.39 is 11.6 Å². The van der Waals surface area contributed by atoms with Gasteiger partial charge in [0.1, 0.15) is 11.6 Å². The predicted octanol–water partition coefficient (Wildman–Crippen LogP) is 3.74. The van der Waals surface area contributed by atoms with E-state index in [0.717, 1.165) is 6.07 Å². The second-order valence-electron chi connectivity index (χ2n) is 2.64. The Balaban J connectivity index is 2.51. The molecule has 0 atom stereocenters. The molecule has 0 amide bonds. The Morgan fingerprint density at radius 2 is 1.79 bits per heavy atom. The van der Waals surface area contributed by atoms with Crippen molar-refractivity contribution in [2.45, 2.75) is 0 Å². The minimum absolute atomic E-state index is 0.352. The van der Waals surface area contributed by atoms with Crippen LogP contribution in [0.4, 0.5) is 8.78 Å². The van der Waals surface area contributed by atoms with E-state index in [1.165, 1.54) is 29.7 Å². The zero-order valence-electron chi connectivity index (χ0n) is 6.80. The van der Waals surface area contributed by atoms with E-state index in [4.69, 9.17) is 11.6 Å². The molecule has 1 aromatic heterocycles. The van der Waals surface area contributed by atoms with Crippen LogP contribution in [-0.2, 0) is 0 Å². The van der Waals surface area contributed by atoms with Crippen molar-refractivity contribution in [1.82, 2.24) is 4.98 Å². The van der Waals surface area contributed by atoms with Crippen molar-refractivity contribution in [3.63, 3.8) is 0 Å². The average Bonchev–Trinajstić information content (AvgIpc) is 2.50. The van der Waals surface area contributed by atoms with Crippen molar-refractivity contribution in [1.29, 1.82) is 0 Å². The van der Waals surface area contributed by atoms with Crippen LogP contribution in [0.1, 0.15) is 0 Å². The van der Waals surface area contributed by atoms with Gasteiger partial charge in [-0.3, -0.25) is 0 Å². The molecule has 2 aromatic rings. The van der Waals surface area contributed by atoms with Gasteiger partial charge in [0.05, 0.1) is 4.88 Å². The molecule has 0 unspecified atom stereocenters. The molecular weight excluding hydrogens is 228 g/mol. The summed E-state index contributed by atoms with van der Waals surface area (Å²) in [5, 5.41) is 0. The summed E-state index contributed by atoms with van der Waals surface area (Å²) in [6, 6.07) is 3.31. The molecule has 0 spiro atoms. The Morgan fingerprint density at radius 3 is 2.29 bits per heavy atom. The topological polar surface area (TPSA) is 12.9 Å². The number of rotatable bonds is 1. The first kappa shape index (κ1) is 9.55.